The zero-order valence-corrected chi connectivity index (χ0v) is 13.2. The first-order valence-corrected chi connectivity index (χ1v) is 7.02. The van der Waals surface area contributed by atoms with Crippen molar-refractivity contribution < 1.29 is 18.7 Å². The van der Waals surface area contributed by atoms with E-state index < -0.39 is 24.3 Å². The molecule has 1 rings (SSSR count). The van der Waals surface area contributed by atoms with Gasteiger partial charge in [0.25, 0.3) is 5.91 Å². The predicted octanol–water partition coefficient (Wildman–Crippen LogP) is 2.91. The molecule has 1 N–H and O–H groups in total. The minimum absolute atomic E-state index is 0.0226. The highest BCUT2D eigenvalue weighted by Gasteiger charge is 2.16. The molecule has 0 spiro atoms. The number of carbonyl (C=O) groups is 2. The molecule has 1 amide bonds. The summed E-state index contributed by atoms with van der Waals surface area (Å²) in [5.74, 6) is -1.68. The summed E-state index contributed by atoms with van der Waals surface area (Å²) in [5, 5.41) is 2.69. The zero-order valence-electron chi connectivity index (χ0n) is 11.6. The van der Waals surface area contributed by atoms with Crippen molar-refractivity contribution in [2.24, 2.45) is 5.92 Å². The highest BCUT2D eigenvalue weighted by atomic mass is 79.9. The molecule has 1 aromatic rings. The fourth-order valence-corrected chi connectivity index (χ4v) is 1.66. The molecule has 110 valence electrons. The van der Waals surface area contributed by atoms with Crippen LogP contribution in [0.2, 0.25) is 0 Å². The second-order valence-electron chi connectivity index (χ2n) is 4.80. The summed E-state index contributed by atoms with van der Waals surface area (Å²) in [7, 11) is 0. The average molecular weight is 346 g/mol. The Morgan fingerprint density at radius 2 is 2.00 bits per heavy atom. The fraction of sp³-hybridized carbons (Fsp3) is 0.429. The summed E-state index contributed by atoms with van der Waals surface area (Å²) < 4.78 is 18.8. The van der Waals surface area contributed by atoms with Crippen molar-refractivity contribution in [3.8, 4) is 0 Å². The maximum Gasteiger partial charge on any atom is 0.341 e. The standard InChI is InChI=1S/C14H17BrFNO3/c1-8(2)9(3)17-13(18)7-20-14(19)11-5-4-10(15)6-12(11)16/h4-6,8-9H,7H2,1-3H3,(H,17,18)/t9-/m0/s1. The SMILES string of the molecule is CC(C)[C@H](C)NC(=O)COC(=O)c1ccc(Br)cc1F. The third-order valence-electron chi connectivity index (χ3n) is 2.87. The Balaban J connectivity index is 2.53. The van der Waals surface area contributed by atoms with Crippen LogP contribution in [-0.4, -0.2) is 24.5 Å². The molecule has 0 unspecified atom stereocenters. The van der Waals surface area contributed by atoms with Gasteiger partial charge in [0.05, 0.1) is 5.56 Å². The molecule has 0 aliphatic rings. The number of esters is 1. The number of halogens is 2. The van der Waals surface area contributed by atoms with Gasteiger partial charge in [-0.25, -0.2) is 9.18 Å². The number of amides is 1. The molecule has 1 atom stereocenters. The minimum Gasteiger partial charge on any atom is -0.452 e. The first-order chi connectivity index (χ1) is 9.31. The van der Waals surface area contributed by atoms with Crippen LogP contribution in [0.25, 0.3) is 0 Å². The van der Waals surface area contributed by atoms with Gasteiger partial charge in [-0.1, -0.05) is 29.8 Å². The molecule has 6 heteroatoms. The molecule has 4 nitrogen and oxygen atoms in total. The van der Waals surface area contributed by atoms with Gasteiger partial charge < -0.3 is 10.1 Å². The molecule has 0 bridgehead atoms. The smallest absolute Gasteiger partial charge is 0.341 e. The van der Waals surface area contributed by atoms with Crippen molar-refractivity contribution in [2.75, 3.05) is 6.61 Å². The summed E-state index contributed by atoms with van der Waals surface area (Å²) in [6.07, 6.45) is 0. The Morgan fingerprint density at radius 1 is 1.35 bits per heavy atom. The lowest BCUT2D eigenvalue weighted by Gasteiger charge is -2.17. The van der Waals surface area contributed by atoms with Gasteiger partial charge >= 0.3 is 5.97 Å². The molecule has 0 aliphatic carbocycles. The molecule has 0 saturated heterocycles. The van der Waals surface area contributed by atoms with Gasteiger partial charge in [-0.2, -0.15) is 0 Å². The van der Waals surface area contributed by atoms with Gasteiger partial charge in [-0.05, 0) is 31.0 Å². The summed E-state index contributed by atoms with van der Waals surface area (Å²) in [6.45, 7) is 5.37. The van der Waals surface area contributed by atoms with Crippen LogP contribution in [0.4, 0.5) is 4.39 Å². The molecule has 1 aromatic carbocycles. The number of nitrogens with one attached hydrogen (secondary N) is 1. The monoisotopic (exact) mass is 345 g/mol. The van der Waals surface area contributed by atoms with E-state index in [4.69, 9.17) is 4.74 Å². The molecule has 0 fully saturated rings. The molecule has 0 heterocycles. The summed E-state index contributed by atoms with van der Waals surface area (Å²) >= 11 is 3.09. The van der Waals surface area contributed by atoms with Crippen molar-refractivity contribution in [1.29, 1.82) is 0 Å². The first kappa shape index (κ1) is 16.6. The van der Waals surface area contributed by atoms with Crippen molar-refractivity contribution in [3.05, 3.63) is 34.1 Å². The maximum absolute atomic E-state index is 13.5. The molecule has 0 aliphatic heterocycles. The highest BCUT2D eigenvalue weighted by molar-refractivity contribution is 9.10. The van der Waals surface area contributed by atoms with E-state index in [0.717, 1.165) is 6.07 Å². The average Bonchev–Trinajstić information content (AvgIpc) is 2.35. The number of hydrogen-bond acceptors (Lipinski definition) is 3. The van der Waals surface area contributed by atoms with Crippen molar-refractivity contribution in [3.63, 3.8) is 0 Å². The largest absolute Gasteiger partial charge is 0.452 e. The number of benzene rings is 1. The lowest BCUT2D eigenvalue weighted by molar-refractivity contribution is -0.125. The minimum atomic E-state index is -0.859. The second kappa shape index (κ2) is 7.38. The van der Waals surface area contributed by atoms with E-state index in [-0.39, 0.29) is 17.5 Å². The van der Waals surface area contributed by atoms with E-state index in [1.54, 1.807) is 0 Å². The van der Waals surface area contributed by atoms with Crippen molar-refractivity contribution >= 4 is 27.8 Å². The predicted molar refractivity (Wildman–Crippen MR) is 76.8 cm³/mol. The fourth-order valence-electron chi connectivity index (χ4n) is 1.33. The van der Waals surface area contributed by atoms with E-state index in [1.165, 1.54) is 12.1 Å². The molecule has 0 saturated carbocycles. The van der Waals surface area contributed by atoms with Crippen LogP contribution in [0.1, 0.15) is 31.1 Å². The molecule has 0 aromatic heterocycles. The topological polar surface area (TPSA) is 55.4 Å². The maximum atomic E-state index is 13.5. The number of rotatable bonds is 5. The summed E-state index contributed by atoms with van der Waals surface area (Å²) in [6, 6.07) is 3.97. The van der Waals surface area contributed by atoms with Crippen molar-refractivity contribution in [2.45, 2.75) is 26.8 Å². The Kier molecular flexibility index (Phi) is 6.13. The van der Waals surface area contributed by atoms with Crippen LogP contribution in [0.15, 0.2) is 22.7 Å². The van der Waals surface area contributed by atoms with E-state index in [2.05, 4.69) is 21.2 Å². The van der Waals surface area contributed by atoms with E-state index in [0.29, 0.717) is 4.47 Å². The number of ether oxygens (including phenoxy) is 1. The quantitative estimate of drug-likeness (QED) is 0.834. The van der Waals surface area contributed by atoms with Gasteiger partial charge in [0.2, 0.25) is 0 Å². The lowest BCUT2D eigenvalue weighted by Crippen LogP contribution is -2.38. The third kappa shape index (κ3) is 4.92. The van der Waals surface area contributed by atoms with Crippen LogP contribution in [0.5, 0.6) is 0 Å². The number of hydrogen-bond donors (Lipinski definition) is 1. The van der Waals surface area contributed by atoms with E-state index in [9.17, 15) is 14.0 Å². The highest BCUT2D eigenvalue weighted by Crippen LogP contribution is 2.16. The van der Waals surface area contributed by atoms with E-state index in [1.807, 2.05) is 20.8 Å². The van der Waals surface area contributed by atoms with Crippen LogP contribution >= 0.6 is 15.9 Å². The molecular formula is C14H17BrFNO3. The number of carbonyl (C=O) groups excluding carboxylic acids is 2. The van der Waals surface area contributed by atoms with Gasteiger partial charge in [-0.15, -0.1) is 0 Å². The zero-order chi connectivity index (χ0) is 15.3. The summed E-state index contributed by atoms with van der Waals surface area (Å²) in [4.78, 5) is 23.2. The second-order valence-corrected chi connectivity index (χ2v) is 5.72. The van der Waals surface area contributed by atoms with Crippen LogP contribution in [0.3, 0.4) is 0 Å². The van der Waals surface area contributed by atoms with Crippen LogP contribution in [0, 0.1) is 11.7 Å². The van der Waals surface area contributed by atoms with Crippen molar-refractivity contribution in [1.82, 2.24) is 5.32 Å². The normalized spacial score (nSPS) is 12.1. The summed E-state index contributed by atoms with van der Waals surface area (Å²) in [5.41, 5.74) is -0.196. The first-order valence-electron chi connectivity index (χ1n) is 6.22. The molecular weight excluding hydrogens is 329 g/mol. The lowest BCUT2D eigenvalue weighted by atomic mass is 10.1. The Hall–Kier alpha value is -1.43. The Bertz CT molecular complexity index is 505. The van der Waals surface area contributed by atoms with Gasteiger partial charge in [0.1, 0.15) is 5.82 Å². The van der Waals surface area contributed by atoms with E-state index >= 15 is 0 Å². The van der Waals surface area contributed by atoms with Crippen LogP contribution < -0.4 is 5.32 Å². The third-order valence-corrected chi connectivity index (χ3v) is 3.37. The van der Waals surface area contributed by atoms with Gasteiger partial charge in [0, 0.05) is 10.5 Å². The van der Waals surface area contributed by atoms with Crippen LogP contribution in [-0.2, 0) is 9.53 Å². The van der Waals surface area contributed by atoms with Gasteiger partial charge in [0.15, 0.2) is 6.61 Å². The molecule has 0 radical (unpaired) electrons. The van der Waals surface area contributed by atoms with Gasteiger partial charge in [-0.3, -0.25) is 4.79 Å². The Labute approximate surface area is 125 Å². The molecule has 20 heavy (non-hydrogen) atoms. The Morgan fingerprint density at radius 3 is 2.55 bits per heavy atom.